The average molecular weight is 405 g/mol. The van der Waals surface area contributed by atoms with E-state index in [0.29, 0.717) is 12.4 Å². The molecule has 1 heterocycles. The van der Waals surface area contributed by atoms with Gasteiger partial charge in [-0.25, -0.2) is 9.80 Å². The number of fused-ring (bicyclic) bond motifs is 1. The molecule has 0 radical (unpaired) electrons. The van der Waals surface area contributed by atoms with E-state index in [-0.39, 0.29) is 11.6 Å². The SMILES string of the molecule is C/C=C1\c2ccccc2C(OCc2ccccc2)=C(C(=O)OC)N1/N=C(\C)C(C)C. The van der Waals surface area contributed by atoms with Gasteiger partial charge >= 0.3 is 5.97 Å². The summed E-state index contributed by atoms with van der Waals surface area (Å²) < 4.78 is 11.4. The van der Waals surface area contributed by atoms with Crippen molar-refractivity contribution in [1.82, 2.24) is 5.01 Å². The molecule has 0 aliphatic carbocycles. The van der Waals surface area contributed by atoms with Gasteiger partial charge in [-0.3, -0.25) is 0 Å². The first-order valence-electron chi connectivity index (χ1n) is 10.1. The van der Waals surface area contributed by atoms with E-state index in [1.54, 1.807) is 5.01 Å². The monoisotopic (exact) mass is 404 g/mol. The van der Waals surface area contributed by atoms with Gasteiger partial charge in [0.2, 0.25) is 0 Å². The maximum Gasteiger partial charge on any atom is 0.360 e. The Hall–Kier alpha value is -3.34. The lowest BCUT2D eigenvalue weighted by Crippen LogP contribution is -2.30. The highest BCUT2D eigenvalue weighted by Gasteiger charge is 2.35. The molecule has 2 aromatic rings. The Morgan fingerprint density at radius 2 is 1.70 bits per heavy atom. The molecule has 0 unspecified atom stereocenters. The molecule has 0 saturated carbocycles. The number of ether oxygens (including phenoxy) is 2. The van der Waals surface area contributed by atoms with E-state index in [0.717, 1.165) is 28.1 Å². The van der Waals surface area contributed by atoms with Gasteiger partial charge < -0.3 is 9.47 Å². The summed E-state index contributed by atoms with van der Waals surface area (Å²) in [5.41, 5.74) is 4.80. The van der Waals surface area contributed by atoms with Crippen LogP contribution in [0.3, 0.4) is 0 Å². The van der Waals surface area contributed by atoms with Crippen molar-refractivity contribution < 1.29 is 14.3 Å². The summed E-state index contributed by atoms with van der Waals surface area (Å²) in [4.78, 5) is 12.9. The molecule has 156 valence electrons. The number of methoxy groups -OCH3 is 1. The highest BCUT2D eigenvalue weighted by atomic mass is 16.5. The van der Waals surface area contributed by atoms with Gasteiger partial charge in [0, 0.05) is 16.8 Å². The number of benzene rings is 2. The molecule has 0 aromatic heterocycles. The Morgan fingerprint density at radius 1 is 1.07 bits per heavy atom. The number of hydrazone groups is 1. The van der Waals surface area contributed by atoms with Crippen molar-refractivity contribution in [3.63, 3.8) is 0 Å². The molecule has 0 spiro atoms. The first kappa shape index (κ1) is 21.4. The zero-order chi connectivity index (χ0) is 21.7. The van der Waals surface area contributed by atoms with Crippen LogP contribution in [0.1, 0.15) is 44.4 Å². The fourth-order valence-electron chi connectivity index (χ4n) is 3.17. The summed E-state index contributed by atoms with van der Waals surface area (Å²) in [6.07, 6.45) is 1.95. The third kappa shape index (κ3) is 4.30. The van der Waals surface area contributed by atoms with Crippen LogP contribution in [-0.4, -0.2) is 23.8 Å². The number of hydrogen-bond donors (Lipinski definition) is 0. The molecule has 2 aromatic carbocycles. The van der Waals surface area contributed by atoms with Crippen LogP contribution in [0.2, 0.25) is 0 Å². The number of allylic oxidation sites excluding steroid dienone is 1. The van der Waals surface area contributed by atoms with Crippen LogP contribution in [0.15, 0.2) is 71.5 Å². The first-order valence-corrected chi connectivity index (χ1v) is 10.1. The summed E-state index contributed by atoms with van der Waals surface area (Å²) >= 11 is 0. The van der Waals surface area contributed by atoms with Crippen molar-refractivity contribution in [3.8, 4) is 0 Å². The molecule has 1 aliphatic rings. The molecular formula is C25H28N2O3. The Labute approximate surface area is 178 Å². The Bertz CT molecular complexity index is 1000. The second-order valence-corrected chi connectivity index (χ2v) is 7.37. The summed E-state index contributed by atoms with van der Waals surface area (Å²) in [5, 5.41) is 6.44. The molecule has 0 atom stereocenters. The fourth-order valence-corrected chi connectivity index (χ4v) is 3.17. The predicted molar refractivity (Wildman–Crippen MR) is 120 cm³/mol. The van der Waals surface area contributed by atoms with E-state index < -0.39 is 5.97 Å². The smallest absolute Gasteiger partial charge is 0.360 e. The molecule has 0 bridgehead atoms. The van der Waals surface area contributed by atoms with E-state index >= 15 is 0 Å². The van der Waals surface area contributed by atoms with E-state index in [2.05, 4.69) is 13.8 Å². The third-order valence-electron chi connectivity index (χ3n) is 5.07. The van der Waals surface area contributed by atoms with Crippen LogP contribution >= 0.6 is 0 Å². The van der Waals surface area contributed by atoms with Crippen molar-refractivity contribution in [2.24, 2.45) is 11.0 Å². The molecular weight excluding hydrogens is 376 g/mol. The van der Waals surface area contributed by atoms with E-state index in [9.17, 15) is 4.79 Å². The topological polar surface area (TPSA) is 51.1 Å². The minimum atomic E-state index is -0.493. The largest absolute Gasteiger partial charge is 0.486 e. The lowest BCUT2D eigenvalue weighted by Gasteiger charge is -2.32. The van der Waals surface area contributed by atoms with Crippen molar-refractivity contribution >= 4 is 23.1 Å². The molecule has 0 amide bonds. The van der Waals surface area contributed by atoms with Gasteiger partial charge in [0.1, 0.15) is 6.61 Å². The normalized spacial score (nSPS) is 15.5. The van der Waals surface area contributed by atoms with Gasteiger partial charge in [0.05, 0.1) is 12.8 Å². The van der Waals surface area contributed by atoms with Crippen molar-refractivity contribution in [2.45, 2.75) is 34.3 Å². The van der Waals surface area contributed by atoms with Crippen LogP contribution in [0, 0.1) is 5.92 Å². The maximum atomic E-state index is 12.9. The number of nitrogens with zero attached hydrogens (tertiary/aromatic N) is 2. The number of carbonyl (C=O) groups excluding carboxylic acids is 1. The predicted octanol–water partition coefficient (Wildman–Crippen LogP) is 5.45. The van der Waals surface area contributed by atoms with Crippen molar-refractivity contribution in [3.05, 3.63) is 83.1 Å². The van der Waals surface area contributed by atoms with E-state index in [1.165, 1.54) is 7.11 Å². The van der Waals surface area contributed by atoms with Gasteiger partial charge in [-0.1, -0.05) is 74.5 Å². The fraction of sp³-hybridized carbons (Fsp3) is 0.280. The Morgan fingerprint density at radius 3 is 2.30 bits per heavy atom. The minimum absolute atomic E-state index is 0.230. The standard InChI is InChI=1S/C25H28N2O3/c1-6-22-20-14-10-11-15-21(20)24(30-16-19-12-8-7-9-13-19)23(25(28)29-5)27(22)26-18(4)17(2)3/h6-15,17H,16H2,1-5H3/b22-6+,26-18+. The highest BCUT2D eigenvalue weighted by Crippen LogP contribution is 2.40. The minimum Gasteiger partial charge on any atom is -0.486 e. The van der Waals surface area contributed by atoms with Gasteiger partial charge in [-0.2, -0.15) is 5.10 Å². The quantitative estimate of drug-likeness (QED) is 0.474. The van der Waals surface area contributed by atoms with E-state index in [1.807, 2.05) is 74.5 Å². The van der Waals surface area contributed by atoms with Crippen molar-refractivity contribution in [1.29, 1.82) is 0 Å². The zero-order valence-corrected chi connectivity index (χ0v) is 18.2. The summed E-state index contributed by atoms with van der Waals surface area (Å²) in [6, 6.07) is 17.7. The third-order valence-corrected chi connectivity index (χ3v) is 5.07. The highest BCUT2D eigenvalue weighted by molar-refractivity contribution is 6.01. The lowest BCUT2D eigenvalue weighted by atomic mass is 9.96. The molecule has 5 heteroatoms. The lowest BCUT2D eigenvalue weighted by molar-refractivity contribution is -0.137. The van der Waals surface area contributed by atoms with Crippen LogP contribution in [0.25, 0.3) is 11.5 Å². The molecule has 0 N–H and O–H groups in total. The molecule has 1 aliphatic heterocycles. The molecule has 30 heavy (non-hydrogen) atoms. The number of hydrogen-bond acceptors (Lipinski definition) is 5. The molecule has 5 nitrogen and oxygen atoms in total. The van der Waals surface area contributed by atoms with Gasteiger partial charge in [-0.05, 0) is 25.3 Å². The Kier molecular flexibility index (Phi) is 6.72. The van der Waals surface area contributed by atoms with Crippen molar-refractivity contribution in [2.75, 3.05) is 7.11 Å². The van der Waals surface area contributed by atoms with Crippen LogP contribution in [-0.2, 0) is 20.9 Å². The summed E-state index contributed by atoms with van der Waals surface area (Å²) in [6.45, 7) is 8.36. The maximum absolute atomic E-state index is 12.9. The molecule has 0 saturated heterocycles. The second kappa shape index (κ2) is 9.44. The summed E-state index contributed by atoms with van der Waals surface area (Å²) in [7, 11) is 1.37. The number of esters is 1. The molecule has 3 rings (SSSR count). The second-order valence-electron chi connectivity index (χ2n) is 7.37. The first-order chi connectivity index (χ1) is 14.5. The van der Waals surface area contributed by atoms with Gasteiger partial charge in [-0.15, -0.1) is 0 Å². The number of rotatable bonds is 6. The number of carbonyl (C=O) groups is 1. The van der Waals surface area contributed by atoms with Crippen LogP contribution in [0.5, 0.6) is 0 Å². The summed E-state index contributed by atoms with van der Waals surface area (Å²) in [5.74, 6) is 0.201. The Balaban J connectivity index is 2.20. The van der Waals surface area contributed by atoms with Gasteiger partial charge in [0.25, 0.3) is 0 Å². The van der Waals surface area contributed by atoms with Crippen LogP contribution < -0.4 is 0 Å². The zero-order valence-electron chi connectivity index (χ0n) is 18.2. The molecule has 0 fully saturated rings. The van der Waals surface area contributed by atoms with Crippen LogP contribution in [0.4, 0.5) is 0 Å². The van der Waals surface area contributed by atoms with Gasteiger partial charge in [0.15, 0.2) is 11.5 Å². The van der Waals surface area contributed by atoms with E-state index in [4.69, 9.17) is 14.6 Å². The average Bonchev–Trinajstić information content (AvgIpc) is 2.77.